The lowest BCUT2D eigenvalue weighted by molar-refractivity contribution is 0.0964. The predicted molar refractivity (Wildman–Crippen MR) is 90.6 cm³/mol. The highest BCUT2D eigenvalue weighted by Gasteiger charge is 2.20. The Bertz CT molecular complexity index is 601. The first-order valence-corrected chi connectivity index (χ1v) is 8.58. The summed E-state index contributed by atoms with van der Waals surface area (Å²) >= 11 is 1.58. The zero-order valence-electron chi connectivity index (χ0n) is 12.9. The quantitative estimate of drug-likeness (QED) is 0.943. The average Bonchev–Trinajstić information content (AvgIpc) is 2.86. The second kappa shape index (κ2) is 6.30. The molecule has 0 saturated carbocycles. The van der Waals surface area contributed by atoms with Crippen molar-refractivity contribution in [2.75, 3.05) is 31.9 Å². The van der Waals surface area contributed by atoms with Crippen LogP contribution in [0, 0.1) is 0 Å². The molecule has 2 heterocycles. The van der Waals surface area contributed by atoms with E-state index >= 15 is 0 Å². The van der Waals surface area contributed by atoms with Gasteiger partial charge in [-0.3, -0.25) is 9.80 Å². The molecule has 0 bridgehead atoms. The molecule has 4 nitrogen and oxygen atoms in total. The summed E-state index contributed by atoms with van der Waals surface area (Å²) in [6, 6.07) is 7.23. The standard InChI is InChI=1S/C16H24N4S/c1-3-12(2)20-8-6-19(7-9-20)11-13-4-5-14-15(10-13)21-16(17)18-14/h4-5,10,12H,3,6-9,11H2,1-2H3,(H2,17,18). The summed E-state index contributed by atoms with van der Waals surface area (Å²) in [5.41, 5.74) is 8.15. The lowest BCUT2D eigenvalue weighted by atomic mass is 10.1. The fourth-order valence-electron chi connectivity index (χ4n) is 2.96. The summed E-state index contributed by atoms with van der Waals surface area (Å²) < 4.78 is 1.20. The molecule has 0 aliphatic carbocycles. The summed E-state index contributed by atoms with van der Waals surface area (Å²) in [7, 11) is 0. The number of nitrogens with two attached hydrogens (primary N) is 1. The predicted octanol–water partition coefficient (Wildman–Crippen LogP) is 2.79. The van der Waals surface area contributed by atoms with E-state index in [1.807, 2.05) is 0 Å². The Morgan fingerprint density at radius 3 is 2.76 bits per heavy atom. The molecule has 1 aliphatic heterocycles. The van der Waals surface area contributed by atoms with Crippen molar-refractivity contribution in [2.45, 2.75) is 32.9 Å². The summed E-state index contributed by atoms with van der Waals surface area (Å²) in [6.07, 6.45) is 1.24. The SMILES string of the molecule is CCC(C)N1CCN(Cc2ccc3nc(N)sc3c2)CC1. The minimum atomic E-state index is 0.657. The number of hydrogen-bond donors (Lipinski definition) is 1. The maximum Gasteiger partial charge on any atom is 0.181 e. The van der Waals surface area contributed by atoms with Gasteiger partial charge in [-0.05, 0) is 31.0 Å². The van der Waals surface area contributed by atoms with Gasteiger partial charge in [-0.25, -0.2) is 4.98 Å². The van der Waals surface area contributed by atoms with E-state index in [1.165, 1.54) is 29.8 Å². The summed E-state index contributed by atoms with van der Waals surface area (Å²) in [4.78, 5) is 9.46. The Kier molecular flexibility index (Phi) is 4.42. The molecule has 114 valence electrons. The zero-order valence-corrected chi connectivity index (χ0v) is 13.7. The molecule has 1 saturated heterocycles. The molecule has 1 aromatic heterocycles. The number of piperazine rings is 1. The summed E-state index contributed by atoms with van der Waals surface area (Å²) in [5, 5.41) is 0.657. The van der Waals surface area contributed by atoms with Crippen molar-refractivity contribution in [3.8, 4) is 0 Å². The van der Waals surface area contributed by atoms with Crippen LogP contribution in [0.4, 0.5) is 5.13 Å². The summed E-state index contributed by atoms with van der Waals surface area (Å²) in [5.74, 6) is 0. The van der Waals surface area contributed by atoms with Crippen LogP contribution in [0.15, 0.2) is 18.2 Å². The lowest BCUT2D eigenvalue weighted by Gasteiger charge is -2.37. The first kappa shape index (κ1) is 14.8. The van der Waals surface area contributed by atoms with Gasteiger partial charge < -0.3 is 5.73 Å². The average molecular weight is 304 g/mol. The largest absolute Gasteiger partial charge is 0.375 e. The normalized spacial score (nSPS) is 19.1. The van der Waals surface area contributed by atoms with Crippen molar-refractivity contribution in [1.29, 1.82) is 0 Å². The van der Waals surface area contributed by atoms with E-state index in [0.717, 1.165) is 25.2 Å². The van der Waals surface area contributed by atoms with Gasteiger partial charge in [0, 0.05) is 38.8 Å². The van der Waals surface area contributed by atoms with E-state index in [-0.39, 0.29) is 0 Å². The van der Waals surface area contributed by atoms with Crippen LogP contribution in [-0.4, -0.2) is 47.0 Å². The number of hydrogen-bond acceptors (Lipinski definition) is 5. The second-order valence-electron chi connectivity index (χ2n) is 5.92. The maximum absolute atomic E-state index is 5.77. The molecule has 1 aliphatic rings. The molecule has 2 aromatic rings. The number of benzene rings is 1. The molecule has 0 radical (unpaired) electrons. The topological polar surface area (TPSA) is 45.4 Å². The highest BCUT2D eigenvalue weighted by Crippen LogP contribution is 2.25. The molecule has 2 N–H and O–H groups in total. The molecular weight excluding hydrogens is 280 g/mol. The molecule has 1 atom stereocenters. The molecule has 3 rings (SSSR count). The Hall–Kier alpha value is -1.17. The first-order chi connectivity index (χ1) is 10.2. The molecule has 0 amide bonds. The monoisotopic (exact) mass is 304 g/mol. The van der Waals surface area contributed by atoms with E-state index < -0.39 is 0 Å². The van der Waals surface area contributed by atoms with Gasteiger partial charge in [0.05, 0.1) is 10.2 Å². The van der Waals surface area contributed by atoms with Crippen molar-refractivity contribution < 1.29 is 0 Å². The number of anilines is 1. The molecule has 0 spiro atoms. The third-order valence-electron chi connectivity index (χ3n) is 4.50. The fraction of sp³-hybridized carbons (Fsp3) is 0.562. The van der Waals surface area contributed by atoms with Gasteiger partial charge in [-0.15, -0.1) is 0 Å². The third kappa shape index (κ3) is 3.36. The summed E-state index contributed by atoms with van der Waals surface area (Å²) in [6.45, 7) is 10.3. The number of aromatic nitrogens is 1. The number of fused-ring (bicyclic) bond motifs is 1. The highest BCUT2D eigenvalue weighted by molar-refractivity contribution is 7.22. The third-order valence-corrected chi connectivity index (χ3v) is 5.34. The van der Waals surface area contributed by atoms with Crippen molar-refractivity contribution in [1.82, 2.24) is 14.8 Å². The van der Waals surface area contributed by atoms with Crippen LogP contribution < -0.4 is 5.73 Å². The van der Waals surface area contributed by atoms with Crippen LogP contribution in [-0.2, 0) is 6.54 Å². The van der Waals surface area contributed by atoms with E-state index in [1.54, 1.807) is 11.3 Å². The van der Waals surface area contributed by atoms with Gasteiger partial charge >= 0.3 is 0 Å². The molecule has 21 heavy (non-hydrogen) atoms. The van der Waals surface area contributed by atoms with Gasteiger partial charge in [0.2, 0.25) is 0 Å². The molecule has 1 aromatic carbocycles. The molecule has 1 unspecified atom stereocenters. The second-order valence-corrected chi connectivity index (χ2v) is 6.99. The molecule has 5 heteroatoms. The van der Waals surface area contributed by atoms with Crippen LogP contribution in [0.5, 0.6) is 0 Å². The zero-order chi connectivity index (χ0) is 14.8. The first-order valence-electron chi connectivity index (χ1n) is 7.77. The van der Waals surface area contributed by atoms with Crippen LogP contribution in [0.25, 0.3) is 10.2 Å². The van der Waals surface area contributed by atoms with Gasteiger partial charge in [-0.2, -0.15) is 0 Å². The Balaban J connectivity index is 1.61. The van der Waals surface area contributed by atoms with Crippen molar-refractivity contribution in [3.63, 3.8) is 0 Å². The van der Waals surface area contributed by atoms with Crippen LogP contribution in [0.2, 0.25) is 0 Å². The number of nitrogens with zero attached hydrogens (tertiary/aromatic N) is 3. The van der Waals surface area contributed by atoms with Crippen molar-refractivity contribution in [3.05, 3.63) is 23.8 Å². The van der Waals surface area contributed by atoms with E-state index in [2.05, 4.69) is 46.8 Å². The number of nitrogen functional groups attached to an aromatic ring is 1. The number of thiazole rings is 1. The van der Waals surface area contributed by atoms with E-state index in [9.17, 15) is 0 Å². The minimum absolute atomic E-state index is 0.657. The van der Waals surface area contributed by atoms with Crippen molar-refractivity contribution >= 4 is 26.7 Å². The Morgan fingerprint density at radius 1 is 1.29 bits per heavy atom. The van der Waals surface area contributed by atoms with Crippen LogP contribution >= 0.6 is 11.3 Å². The fourth-order valence-corrected chi connectivity index (χ4v) is 3.76. The van der Waals surface area contributed by atoms with Crippen LogP contribution in [0.3, 0.4) is 0 Å². The van der Waals surface area contributed by atoms with Gasteiger partial charge in [0.1, 0.15) is 0 Å². The lowest BCUT2D eigenvalue weighted by Crippen LogP contribution is -2.48. The van der Waals surface area contributed by atoms with Crippen molar-refractivity contribution in [2.24, 2.45) is 0 Å². The Labute approximate surface area is 130 Å². The maximum atomic E-state index is 5.77. The van der Waals surface area contributed by atoms with Gasteiger partial charge in [0.15, 0.2) is 5.13 Å². The van der Waals surface area contributed by atoms with Gasteiger partial charge in [-0.1, -0.05) is 24.3 Å². The number of rotatable bonds is 4. The van der Waals surface area contributed by atoms with Gasteiger partial charge in [0.25, 0.3) is 0 Å². The highest BCUT2D eigenvalue weighted by atomic mass is 32.1. The smallest absolute Gasteiger partial charge is 0.181 e. The molecule has 1 fully saturated rings. The van der Waals surface area contributed by atoms with Crippen LogP contribution in [0.1, 0.15) is 25.8 Å². The van der Waals surface area contributed by atoms with E-state index in [4.69, 9.17) is 5.73 Å². The molecular formula is C16H24N4S. The minimum Gasteiger partial charge on any atom is -0.375 e. The Morgan fingerprint density at radius 2 is 2.05 bits per heavy atom. The van der Waals surface area contributed by atoms with E-state index in [0.29, 0.717) is 11.2 Å².